The van der Waals surface area contributed by atoms with Gasteiger partial charge < -0.3 is 0 Å². The predicted octanol–water partition coefficient (Wildman–Crippen LogP) is 1.82. The molecule has 0 aliphatic heterocycles. The molecule has 0 atom stereocenters. The molecule has 12 heavy (non-hydrogen) atoms. The molecule has 0 aliphatic carbocycles. The molecule has 0 radical (unpaired) electrons. The monoisotopic (exact) mass is 172 g/mol. The summed E-state index contributed by atoms with van der Waals surface area (Å²) in [5, 5.41) is 0. The van der Waals surface area contributed by atoms with Crippen LogP contribution in [0.15, 0.2) is 24.3 Å². The molecule has 0 amide bonds. The molecule has 64 valence electrons. The molecule has 0 heterocycles. The quantitative estimate of drug-likeness (QED) is 0.566. The molecule has 0 fully saturated rings. The van der Waals surface area contributed by atoms with E-state index < -0.39 is 11.7 Å². The Hall–Kier alpha value is -0.925. The predicted molar refractivity (Wildman–Crippen MR) is 44.1 cm³/mol. The number of rotatable bonds is 1. The van der Waals surface area contributed by atoms with Crippen LogP contribution in [-0.2, 0) is 6.18 Å². The lowest BCUT2D eigenvalue weighted by Gasteiger charge is -2.06. The van der Waals surface area contributed by atoms with Crippen LogP contribution in [0.25, 0.3) is 0 Å². The van der Waals surface area contributed by atoms with Crippen molar-refractivity contribution in [2.45, 2.75) is 13.0 Å². The highest BCUT2D eigenvalue weighted by Gasteiger charge is 2.29. The third kappa shape index (κ3) is 2.03. The van der Waals surface area contributed by atoms with Gasteiger partial charge in [0.05, 0.1) is 5.56 Å². The van der Waals surface area contributed by atoms with E-state index in [9.17, 15) is 13.2 Å². The Labute approximate surface area is 69.6 Å². The molecule has 1 aromatic carbocycles. The Morgan fingerprint density at radius 3 is 1.92 bits per heavy atom. The van der Waals surface area contributed by atoms with Gasteiger partial charge in [0.25, 0.3) is 0 Å². The molecule has 0 nitrogen and oxygen atoms in total. The minimum Gasteiger partial charge on any atom is -0.166 e. The maximum absolute atomic E-state index is 12.0. The van der Waals surface area contributed by atoms with E-state index >= 15 is 0 Å². The number of halogens is 3. The van der Waals surface area contributed by atoms with Crippen molar-refractivity contribution in [3.63, 3.8) is 0 Å². The van der Waals surface area contributed by atoms with Gasteiger partial charge in [0.1, 0.15) is 0 Å². The molecule has 0 aliphatic rings. The lowest BCUT2D eigenvalue weighted by atomic mass is 9.73. The van der Waals surface area contributed by atoms with Crippen molar-refractivity contribution in [2.24, 2.45) is 0 Å². The zero-order chi connectivity index (χ0) is 9.19. The van der Waals surface area contributed by atoms with Crippen LogP contribution in [0.1, 0.15) is 5.56 Å². The Morgan fingerprint density at radius 2 is 1.58 bits per heavy atom. The summed E-state index contributed by atoms with van der Waals surface area (Å²) in [6.45, 7) is 1.91. The molecule has 0 unspecified atom stereocenters. The van der Waals surface area contributed by atoms with E-state index in [1.54, 1.807) is 0 Å². The van der Waals surface area contributed by atoms with Gasteiger partial charge in [-0.15, -0.1) is 0 Å². The summed E-state index contributed by atoms with van der Waals surface area (Å²) in [5.41, 5.74) is 0.336. The number of hydrogen-bond donors (Lipinski definition) is 0. The molecule has 0 saturated heterocycles. The van der Waals surface area contributed by atoms with Gasteiger partial charge in [0.2, 0.25) is 0 Å². The van der Waals surface area contributed by atoms with E-state index in [4.69, 9.17) is 0 Å². The van der Waals surface area contributed by atoms with Crippen molar-refractivity contribution in [1.29, 1.82) is 0 Å². The lowest BCUT2D eigenvalue weighted by Crippen LogP contribution is -2.12. The summed E-state index contributed by atoms with van der Waals surface area (Å²) in [5.74, 6) is 0. The highest BCUT2D eigenvalue weighted by atomic mass is 19.4. The third-order valence-corrected chi connectivity index (χ3v) is 1.69. The van der Waals surface area contributed by atoms with Crippen LogP contribution in [-0.4, -0.2) is 7.28 Å². The fraction of sp³-hybridized carbons (Fsp3) is 0.250. The molecule has 0 aromatic heterocycles. The second-order valence-corrected chi connectivity index (χ2v) is 2.55. The standard InChI is InChI=1S/C8H8BF3/c1-9-7-4-2-6(3-5-7)8(10,11)12/h2-5,9H,1H3. The van der Waals surface area contributed by atoms with Crippen molar-refractivity contribution in [3.8, 4) is 0 Å². The fourth-order valence-corrected chi connectivity index (χ4v) is 0.929. The first kappa shape index (κ1) is 9.17. The van der Waals surface area contributed by atoms with Crippen LogP contribution in [0.2, 0.25) is 6.82 Å². The van der Waals surface area contributed by atoms with Crippen LogP contribution < -0.4 is 5.46 Å². The van der Waals surface area contributed by atoms with Crippen molar-refractivity contribution in [3.05, 3.63) is 29.8 Å². The second-order valence-electron chi connectivity index (χ2n) is 2.55. The van der Waals surface area contributed by atoms with E-state index in [2.05, 4.69) is 0 Å². The Bertz CT molecular complexity index is 250. The van der Waals surface area contributed by atoms with Gasteiger partial charge in [-0.1, -0.05) is 36.6 Å². The Morgan fingerprint density at radius 1 is 1.08 bits per heavy atom. The molecular formula is C8H8BF3. The van der Waals surface area contributed by atoms with E-state index in [1.807, 2.05) is 6.82 Å². The zero-order valence-corrected chi connectivity index (χ0v) is 6.65. The SMILES string of the molecule is CBc1ccc(C(F)(F)F)cc1. The van der Waals surface area contributed by atoms with E-state index in [1.165, 1.54) is 12.1 Å². The maximum Gasteiger partial charge on any atom is 0.416 e. The molecule has 0 bridgehead atoms. The average molecular weight is 172 g/mol. The van der Waals surface area contributed by atoms with Gasteiger partial charge in [0.15, 0.2) is 7.28 Å². The summed E-state index contributed by atoms with van der Waals surface area (Å²) >= 11 is 0. The zero-order valence-electron chi connectivity index (χ0n) is 6.65. The molecule has 1 aromatic rings. The first-order valence-electron chi connectivity index (χ1n) is 3.70. The minimum atomic E-state index is -4.22. The van der Waals surface area contributed by atoms with Crippen LogP contribution in [0.3, 0.4) is 0 Å². The van der Waals surface area contributed by atoms with Gasteiger partial charge in [-0.05, 0) is 0 Å². The number of alkyl halides is 3. The van der Waals surface area contributed by atoms with Crippen molar-refractivity contribution in [1.82, 2.24) is 0 Å². The van der Waals surface area contributed by atoms with Crippen LogP contribution >= 0.6 is 0 Å². The van der Waals surface area contributed by atoms with E-state index in [-0.39, 0.29) is 0 Å². The summed E-state index contributed by atoms with van der Waals surface area (Å²) in [6, 6.07) is 5.23. The summed E-state index contributed by atoms with van der Waals surface area (Å²) in [4.78, 5) is 0. The minimum absolute atomic E-state index is 0.584. The fourth-order valence-electron chi connectivity index (χ4n) is 0.929. The highest BCUT2D eigenvalue weighted by Crippen LogP contribution is 2.28. The van der Waals surface area contributed by atoms with Gasteiger partial charge in [0, 0.05) is 0 Å². The lowest BCUT2D eigenvalue weighted by molar-refractivity contribution is -0.137. The summed E-state index contributed by atoms with van der Waals surface area (Å²) in [7, 11) is 0.762. The molecule has 4 heteroatoms. The van der Waals surface area contributed by atoms with Crippen molar-refractivity contribution in [2.75, 3.05) is 0 Å². The molecule has 1 rings (SSSR count). The van der Waals surface area contributed by atoms with E-state index in [0.717, 1.165) is 24.9 Å². The first-order valence-corrected chi connectivity index (χ1v) is 3.70. The topological polar surface area (TPSA) is 0 Å². The molecule has 0 N–H and O–H groups in total. The second kappa shape index (κ2) is 3.21. The van der Waals surface area contributed by atoms with Crippen LogP contribution in [0.4, 0.5) is 13.2 Å². The molecule has 0 saturated carbocycles. The number of benzene rings is 1. The van der Waals surface area contributed by atoms with Gasteiger partial charge in [-0.2, -0.15) is 13.2 Å². The van der Waals surface area contributed by atoms with E-state index in [0.29, 0.717) is 0 Å². The van der Waals surface area contributed by atoms with Crippen LogP contribution in [0, 0.1) is 0 Å². The maximum atomic E-state index is 12.0. The first-order chi connectivity index (χ1) is 5.54. The van der Waals surface area contributed by atoms with Crippen molar-refractivity contribution < 1.29 is 13.2 Å². The summed E-state index contributed by atoms with van der Waals surface area (Å²) < 4.78 is 36.1. The smallest absolute Gasteiger partial charge is 0.166 e. The van der Waals surface area contributed by atoms with Gasteiger partial charge >= 0.3 is 6.18 Å². The Balaban J connectivity index is 2.93. The Kier molecular flexibility index (Phi) is 2.45. The number of hydrogen-bond acceptors (Lipinski definition) is 0. The average Bonchev–Trinajstić information content (AvgIpc) is 2.03. The normalized spacial score (nSPS) is 11.3. The van der Waals surface area contributed by atoms with Gasteiger partial charge in [-0.3, -0.25) is 0 Å². The highest BCUT2D eigenvalue weighted by molar-refractivity contribution is 6.51. The molecule has 0 spiro atoms. The largest absolute Gasteiger partial charge is 0.416 e. The molecular weight excluding hydrogens is 164 g/mol. The van der Waals surface area contributed by atoms with Gasteiger partial charge in [-0.25, -0.2) is 0 Å². The third-order valence-electron chi connectivity index (χ3n) is 1.69. The summed E-state index contributed by atoms with van der Waals surface area (Å²) in [6.07, 6.45) is -4.22. The van der Waals surface area contributed by atoms with Crippen LogP contribution in [0.5, 0.6) is 0 Å². The van der Waals surface area contributed by atoms with Crippen molar-refractivity contribution >= 4 is 12.7 Å².